The van der Waals surface area contributed by atoms with Gasteiger partial charge in [-0.15, -0.1) is 0 Å². The Hall–Kier alpha value is -2.56. The second-order valence-corrected chi connectivity index (χ2v) is 6.61. The van der Waals surface area contributed by atoms with Crippen molar-refractivity contribution < 1.29 is 19.1 Å². The van der Waals surface area contributed by atoms with Gasteiger partial charge in [-0.3, -0.25) is 4.90 Å². The smallest absolute Gasteiger partial charge is 0.411 e. The van der Waals surface area contributed by atoms with Gasteiger partial charge >= 0.3 is 12.1 Å². The molecule has 0 fully saturated rings. The van der Waals surface area contributed by atoms with E-state index in [1.165, 1.54) is 12.0 Å². The van der Waals surface area contributed by atoms with Crippen molar-refractivity contribution in [2.75, 3.05) is 13.7 Å². The number of ether oxygens (including phenoxy) is 2. The summed E-state index contributed by atoms with van der Waals surface area (Å²) >= 11 is 0. The van der Waals surface area contributed by atoms with Crippen LogP contribution in [0.3, 0.4) is 0 Å². The molecule has 2 rings (SSSR count). The molecular formula is C19H23NO4. The predicted molar refractivity (Wildman–Crippen MR) is 92.3 cm³/mol. The highest BCUT2D eigenvalue weighted by atomic mass is 16.6. The summed E-state index contributed by atoms with van der Waals surface area (Å²) in [6, 6.07) is 8.82. The second kappa shape index (κ2) is 6.91. The summed E-state index contributed by atoms with van der Waals surface area (Å²) in [7, 11) is 1.30. The first kappa shape index (κ1) is 17.8. The van der Waals surface area contributed by atoms with E-state index in [9.17, 15) is 9.59 Å². The lowest BCUT2D eigenvalue weighted by molar-refractivity contribution is -0.144. The molecule has 0 bridgehead atoms. The van der Waals surface area contributed by atoms with Crippen molar-refractivity contribution in [2.24, 2.45) is 0 Å². The fourth-order valence-electron chi connectivity index (χ4n) is 2.45. The molecular weight excluding hydrogens is 306 g/mol. The molecule has 1 aliphatic rings. The third kappa shape index (κ3) is 4.04. The average Bonchev–Trinajstić information content (AvgIpc) is 2.98. The van der Waals surface area contributed by atoms with Crippen LogP contribution in [0.1, 0.15) is 26.3 Å². The van der Waals surface area contributed by atoms with E-state index in [2.05, 4.69) is 6.58 Å². The molecule has 1 amide bonds. The topological polar surface area (TPSA) is 55.8 Å². The lowest BCUT2D eigenvalue weighted by atomic mass is 10.00. The third-order valence-electron chi connectivity index (χ3n) is 3.62. The van der Waals surface area contributed by atoms with E-state index < -0.39 is 23.7 Å². The van der Waals surface area contributed by atoms with Gasteiger partial charge < -0.3 is 9.47 Å². The van der Waals surface area contributed by atoms with Crippen LogP contribution in [0.25, 0.3) is 5.57 Å². The Morgan fingerprint density at radius 1 is 1.21 bits per heavy atom. The number of esters is 1. The molecule has 0 unspecified atom stereocenters. The van der Waals surface area contributed by atoms with Crippen LogP contribution < -0.4 is 0 Å². The van der Waals surface area contributed by atoms with Crippen LogP contribution in [0.4, 0.5) is 4.79 Å². The number of methoxy groups -OCH3 is 1. The van der Waals surface area contributed by atoms with Crippen molar-refractivity contribution in [3.63, 3.8) is 0 Å². The first-order valence-corrected chi connectivity index (χ1v) is 7.76. The Bertz CT molecular complexity index is 670. The first-order chi connectivity index (χ1) is 11.2. The van der Waals surface area contributed by atoms with E-state index in [0.717, 1.165) is 16.7 Å². The van der Waals surface area contributed by atoms with Gasteiger partial charge in [0, 0.05) is 0 Å². The zero-order valence-corrected chi connectivity index (χ0v) is 14.5. The fraction of sp³-hybridized carbons (Fsp3) is 0.368. The normalized spacial score (nSPS) is 17.2. The number of carbonyl (C=O) groups excluding carboxylic acids is 2. The van der Waals surface area contributed by atoms with Crippen LogP contribution in [0, 0.1) is 0 Å². The minimum Gasteiger partial charge on any atom is -0.467 e. The predicted octanol–water partition coefficient (Wildman–Crippen LogP) is 3.42. The van der Waals surface area contributed by atoms with Crippen molar-refractivity contribution in [3.05, 3.63) is 54.1 Å². The van der Waals surface area contributed by atoms with Gasteiger partial charge in [-0.2, -0.15) is 0 Å². The van der Waals surface area contributed by atoms with Gasteiger partial charge in [0.2, 0.25) is 0 Å². The van der Waals surface area contributed by atoms with Gasteiger partial charge in [-0.05, 0) is 43.6 Å². The van der Waals surface area contributed by atoms with Crippen molar-refractivity contribution in [2.45, 2.75) is 32.4 Å². The molecule has 24 heavy (non-hydrogen) atoms. The summed E-state index contributed by atoms with van der Waals surface area (Å²) in [6.45, 7) is 9.70. The monoisotopic (exact) mass is 329 g/mol. The molecule has 0 N–H and O–H groups in total. The summed E-state index contributed by atoms with van der Waals surface area (Å²) in [4.78, 5) is 25.8. The quantitative estimate of drug-likeness (QED) is 0.797. The van der Waals surface area contributed by atoms with E-state index in [-0.39, 0.29) is 6.54 Å². The molecule has 1 atom stereocenters. The van der Waals surface area contributed by atoms with Crippen LogP contribution in [-0.2, 0) is 14.3 Å². The fourth-order valence-corrected chi connectivity index (χ4v) is 2.45. The maximum absolute atomic E-state index is 12.4. The molecule has 5 heteroatoms. The Balaban J connectivity index is 2.25. The summed E-state index contributed by atoms with van der Waals surface area (Å²) < 4.78 is 10.2. The number of benzene rings is 1. The van der Waals surface area contributed by atoms with Crippen LogP contribution in [0.15, 0.2) is 48.6 Å². The van der Waals surface area contributed by atoms with Crippen molar-refractivity contribution in [1.29, 1.82) is 0 Å². The molecule has 0 spiro atoms. The molecule has 1 aromatic rings. The number of nitrogens with zero attached hydrogens (tertiary/aromatic N) is 1. The highest BCUT2D eigenvalue weighted by Gasteiger charge is 2.37. The zero-order chi connectivity index (χ0) is 17.9. The minimum atomic E-state index is -0.805. The van der Waals surface area contributed by atoms with Gasteiger partial charge in [0.25, 0.3) is 0 Å². The minimum absolute atomic E-state index is 0.252. The lowest BCUT2D eigenvalue weighted by Gasteiger charge is -2.27. The van der Waals surface area contributed by atoms with Crippen LogP contribution >= 0.6 is 0 Å². The standard InChI is InChI=1S/C19H23NO4/c1-13(14-9-7-6-8-10-14)15-11-16(17(21)23-5)20(12-15)18(22)24-19(2,3)4/h6-11,16H,1,12H2,2-5H3/t16-/m1/s1. The zero-order valence-electron chi connectivity index (χ0n) is 14.5. The van der Waals surface area contributed by atoms with E-state index in [1.807, 2.05) is 30.3 Å². The average molecular weight is 329 g/mol. The van der Waals surface area contributed by atoms with Crippen molar-refractivity contribution >= 4 is 17.6 Å². The van der Waals surface area contributed by atoms with E-state index in [4.69, 9.17) is 9.47 Å². The Kier molecular flexibility index (Phi) is 5.12. The Morgan fingerprint density at radius 3 is 2.38 bits per heavy atom. The highest BCUT2D eigenvalue weighted by Crippen LogP contribution is 2.29. The molecule has 0 aliphatic carbocycles. The van der Waals surface area contributed by atoms with Crippen LogP contribution in [0.2, 0.25) is 0 Å². The summed E-state index contributed by atoms with van der Waals surface area (Å²) in [5.41, 5.74) is 1.88. The Labute approximate surface area is 142 Å². The lowest BCUT2D eigenvalue weighted by Crippen LogP contribution is -2.44. The summed E-state index contributed by atoms with van der Waals surface area (Å²) in [6.07, 6.45) is 1.16. The van der Waals surface area contributed by atoms with Crippen LogP contribution in [0.5, 0.6) is 0 Å². The number of hydrogen-bond donors (Lipinski definition) is 0. The maximum atomic E-state index is 12.4. The van der Waals surface area contributed by atoms with E-state index in [0.29, 0.717) is 0 Å². The molecule has 0 saturated heterocycles. The molecule has 5 nitrogen and oxygen atoms in total. The van der Waals surface area contributed by atoms with Gasteiger partial charge in [0.15, 0.2) is 6.04 Å². The number of hydrogen-bond acceptors (Lipinski definition) is 4. The summed E-state index contributed by atoms with van der Waals surface area (Å²) in [5.74, 6) is -0.503. The molecule has 0 radical (unpaired) electrons. The molecule has 0 saturated carbocycles. The largest absolute Gasteiger partial charge is 0.467 e. The number of rotatable bonds is 3. The van der Waals surface area contributed by atoms with Crippen molar-refractivity contribution in [3.8, 4) is 0 Å². The van der Waals surface area contributed by atoms with E-state index in [1.54, 1.807) is 26.8 Å². The van der Waals surface area contributed by atoms with E-state index >= 15 is 0 Å². The van der Waals surface area contributed by atoms with Crippen molar-refractivity contribution in [1.82, 2.24) is 4.90 Å². The van der Waals surface area contributed by atoms with Gasteiger partial charge in [0.1, 0.15) is 5.60 Å². The van der Waals surface area contributed by atoms with Gasteiger partial charge in [-0.1, -0.05) is 36.9 Å². The highest BCUT2D eigenvalue weighted by molar-refractivity contribution is 5.89. The third-order valence-corrected chi connectivity index (χ3v) is 3.62. The number of amides is 1. The van der Waals surface area contributed by atoms with Gasteiger partial charge in [0.05, 0.1) is 13.7 Å². The molecule has 128 valence electrons. The molecule has 1 aromatic carbocycles. The van der Waals surface area contributed by atoms with Gasteiger partial charge in [-0.25, -0.2) is 9.59 Å². The van der Waals surface area contributed by atoms with Crippen LogP contribution in [-0.4, -0.2) is 42.3 Å². The molecule has 0 aromatic heterocycles. The maximum Gasteiger partial charge on any atom is 0.411 e. The molecule has 1 heterocycles. The summed E-state index contributed by atoms with van der Waals surface area (Å²) in [5, 5.41) is 0. The first-order valence-electron chi connectivity index (χ1n) is 7.76. The second-order valence-electron chi connectivity index (χ2n) is 6.61. The Morgan fingerprint density at radius 2 is 1.83 bits per heavy atom. The molecule has 1 aliphatic heterocycles. The SMILES string of the molecule is C=C(C1=C[C@H](C(=O)OC)N(C(=O)OC(C)(C)C)C1)c1ccccc1. The number of carbonyl (C=O) groups is 2.